The molecule has 0 aromatic heterocycles. The number of benzene rings is 1. The molecule has 1 amide bonds. The summed E-state index contributed by atoms with van der Waals surface area (Å²) in [5, 5.41) is 9.17. The van der Waals surface area contributed by atoms with Gasteiger partial charge in [0.1, 0.15) is 11.6 Å². The molecule has 1 aliphatic rings. The number of ether oxygens (including phenoxy) is 2. The molecule has 0 unspecified atom stereocenters. The van der Waals surface area contributed by atoms with E-state index in [1.807, 2.05) is 19.1 Å². The van der Waals surface area contributed by atoms with Gasteiger partial charge in [-0.2, -0.15) is 5.26 Å². The first-order valence-electron chi connectivity index (χ1n) is 8.65. The molecule has 1 heterocycles. The summed E-state index contributed by atoms with van der Waals surface area (Å²) >= 11 is 0. The predicted molar refractivity (Wildman–Crippen MR) is 97.0 cm³/mol. The maximum absolute atomic E-state index is 12.2. The molecule has 7 nitrogen and oxygen atoms in total. The molecule has 0 spiro atoms. The van der Waals surface area contributed by atoms with Crippen LogP contribution in [0.2, 0.25) is 0 Å². The van der Waals surface area contributed by atoms with Crippen LogP contribution in [0.4, 0.5) is 0 Å². The van der Waals surface area contributed by atoms with Crippen LogP contribution in [0.5, 0.6) is 0 Å². The Morgan fingerprint density at radius 3 is 2.41 bits per heavy atom. The number of hydrogen-bond acceptors (Lipinski definition) is 6. The van der Waals surface area contributed by atoms with E-state index in [-0.39, 0.29) is 23.4 Å². The van der Waals surface area contributed by atoms with Gasteiger partial charge in [0.05, 0.1) is 13.0 Å². The number of amides is 1. The lowest BCUT2D eigenvalue weighted by atomic mass is 9.97. The molecule has 0 aliphatic carbocycles. The van der Waals surface area contributed by atoms with E-state index >= 15 is 0 Å². The molecule has 0 radical (unpaired) electrons. The van der Waals surface area contributed by atoms with Gasteiger partial charge in [-0.15, -0.1) is 0 Å². The number of methoxy groups -OCH3 is 1. The van der Waals surface area contributed by atoms with Crippen LogP contribution in [0.1, 0.15) is 24.0 Å². The van der Waals surface area contributed by atoms with Gasteiger partial charge in [-0.25, -0.2) is 4.79 Å². The minimum absolute atomic E-state index is 0.170. The van der Waals surface area contributed by atoms with Gasteiger partial charge < -0.3 is 14.4 Å². The largest absolute Gasteiger partial charge is 0.469 e. The first-order chi connectivity index (χ1) is 12.9. The zero-order valence-electron chi connectivity index (χ0n) is 15.4. The number of carbonyl (C=O) groups is 3. The van der Waals surface area contributed by atoms with Crippen molar-refractivity contribution in [2.24, 2.45) is 5.92 Å². The number of hydrogen-bond donors (Lipinski definition) is 0. The summed E-state index contributed by atoms with van der Waals surface area (Å²) < 4.78 is 9.70. The number of likely N-dealkylation sites (tertiary alicyclic amines) is 1. The number of rotatable bonds is 5. The monoisotopic (exact) mass is 370 g/mol. The minimum Gasteiger partial charge on any atom is -0.469 e. The fraction of sp³-hybridized carbons (Fsp3) is 0.400. The van der Waals surface area contributed by atoms with Crippen LogP contribution in [-0.2, 0) is 23.9 Å². The van der Waals surface area contributed by atoms with Crippen LogP contribution in [-0.4, -0.2) is 49.6 Å². The van der Waals surface area contributed by atoms with Crippen LogP contribution in [0.25, 0.3) is 6.08 Å². The van der Waals surface area contributed by atoms with E-state index in [1.165, 1.54) is 13.2 Å². The van der Waals surface area contributed by atoms with E-state index in [0.717, 1.165) is 5.56 Å². The molecule has 0 atom stereocenters. The van der Waals surface area contributed by atoms with Gasteiger partial charge in [-0.05, 0) is 31.4 Å². The van der Waals surface area contributed by atoms with Crippen molar-refractivity contribution in [3.8, 4) is 6.07 Å². The number of aryl methyl sites for hydroxylation is 1. The lowest BCUT2D eigenvalue weighted by Gasteiger charge is -2.30. The molecule has 1 aliphatic heterocycles. The molecular formula is C20H22N2O5. The topological polar surface area (TPSA) is 96.7 Å². The summed E-state index contributed by atoms with van der Waals surface area (Å²) in [6.07, 6.45) is 2.46. The molecule has 7 heteroatoms. The van der Waals surface area contributed by atoms with Crippen LogP contribution in [0, 0.1) is 24.2 Å². The molecule has 0 saturated carbocycles. The Labute approximate surface area is 158 Å². The van der Waals surface area contributed by atoms with E-state index < -0.39 is 12.6 Å². The zero-order chi connectivity index (χ0) is 19.8. The van der Waals surface area contributed by atoms with Gasteiger partial charge in [0.25, 0.3) is 5.91 Å². The van der Waals surface area contributed by atoms with Gasteiger partial charge >= 0.3 is 11.9 Å². The van der Waals surface area contributed by atoms with Gasteiger partial charge in [-0.1, -0.05) is 29.8 Å². The molecule has 142 valence electrons. The van der Waals surface area contributed by atoms with Crippen molar-refractivity contribution in [3.05, 3.63) is 41.0 Å². The van der Waals surface area contributed by atoms with Gasteiger partial charge in [0.2, 0.25) is 0 Å². The molecular weight excluding hydrogens is 348 g/mol. The first-order valence-corrected chi connectivity index (χ1v) is 8.65. The van der Waals surface area contributed by atoms with Gasteiger partial charge in [0, 0.05) is 13.1 Å². The average Bonchev–Trinajstić information content (AvgIpc) is 2.70. The minimum atomic E-state index is -0.837. The molecule has 27 heavy (non-hydrogen) atoms. The second kappa shape index (κ2) is 9.53. The van der Waals surface area contributed by atoms with E-state index in [4.69, 9.17) is 9.47 Å². The van der Waals surface area contributed by atoms with Crippen molar-refractivity contribution in [2.45, 2.75) is 19.8 Å². The first kappa shape index (κ1) is 20.2. The molecule has 1 fully saturated rings. The fourth-order valence-electron chi connectivity index (χ4n) is 2.79. The normalized spacial score (nSPS) is 15.0. The number of nitriles is 1. The highest BCUT2D eigenvalue weighted by atomic mass is 16.5. The third kappa shape index (κ3) is 5.68. The van der Waals surface area contributed by atoms with Crippen molar-refractivity contribution >= 4 is 23.9 Å². The van der Waals surface area contributed by atoms with Gasteiger partial charge in [-0.3, -0.25) is 9.59 Å². The number of carbonyl (C=O) groups excluding carboxylic acids is 3. The van der Waals surface area contributed by atoms with Crippen LogP contribution >= 0.6 is 0 Å². The molecule has 1 aromatic carbocycles. The van der Waals surface area contributed by atoms with Gasteiger partial charge in [0.15, 0.2) is 6.61 Å². The third-order valence-corrected chi connectivity index (χ3v) is 4.44. The summed E-state index contributed by atoms with van der Waals surface area (Å²) in [5.74, 6) is -1.66. The quantitative estimate of drug-likeness (QED) is 0.446. The summed E-state index contributed by atoms with van der Waals surface area (Å²) in [5.41, 5.74) is 1.59. The standard InChI is InChI=1S/C20H22N2O5/c1-14-3-5-15(6-4-14)11-17(12-21)20(25)27-13-18(23)22-9-7-16(8-10-22)19(24)26-2/h3-6,11,16H,7-10,13H2,1-2H3/b17-11+. The smallest absolute Gasteiger partial charge is 0.349 e. The van der Waals surface area contributed by atoms with E-state index in [1.54, 1.807) is 23.1 Å². The highest BCUT2D eigenvalue weighted by Crippen LogP contribution is 2.18. The Morgan fingerprint density at radius 2 is 1.85 bits per heavy atom. The second-order valence-corrected chi connectivity index (χ2v) is 6.33. The fourth-order valence-corrected chi connectivity index (χ4v) is 2.79. The van der Waals surface area contributed by atoms with Crippen molar-refractivity contribution < 1.29 is 23.9 Å². The SMILES string of the molecule is COC(=O)C1CCN(C(=O)COC(=O)/C(C#N)=C/c2ccc(C)cc2)CC1. The second-order valence-electron chi connectivity index (χ2n) is 6.33. The van der Waals surface area contributed by atoms with Crippen molar-refractivity contribution in [1.29, 1.82) is 5.26 Å². The van der Waals surface area contributed by atoms with E-state index in [2.05, 4.69) is 0 Å². The lowest BCUT2D eigenvalue weighted by molar-refractivity contribution is -0.152. The summed E-state index contributed by atoms with van der Waals surface area (Å²) in [6, 6.07) is 9.12. The number of piperidine rings is 1. The Morgan fingerprint density at radius 1 is 1.22 bits per heavy atom. The molecule has 1 saturated heterocycles. The average molecular weight is 370 g/mol. The molecule has 0 N–H and O–H groups in total. The Hall–Kier alpha value is -3.14. The number of esters is 2. The van der Waals surface area contributed by atoms with Crippen LogP contribution < -0.4 is 0 Å². The summed E-state index contributed by atoms with van der Waals surface area (Å²) in [7, 11) is 1.34. The highest BCUT2D eigenvalue weighted by molar-refractivity contribution is 5.98. The number of nitrogens with zero attached hydrogens (tertiary/aromatic N) is 2. The lowest BCUT2D eigenvalue weighted by Crippen LogP contribution is -2.42. The molecule has 2 rings (SSSR count). The Bertz CT molecular complexity index is 769. The molecule has 0 bridgehead atoms. The summed E-state index contributed by atoms with van der Waals surface area (Å²) in [6.45, 7) is 2.31. The van der Waals surface area contributed by atoms with Crippen molar-refractivity contribution in [3.63, 3.8) is 0 Å². The van der Waals surface area contributed by atoms with Crippen LogP contribution in [0.15, 0.2) is 29.8 Å². The third-order valence-electron chi connectivity index (χ3n) is 4.44. The predicted octanol–water partition coefficient (Wildman–Crippen LogP) is 1.86. The Kier molecular flexibility index (Phi) is 7.12. The Balaban J connectivity index is 1.87. The maximum Gasteiger partial charge on any atom is 0.349 e. The van der Waals surface area contributed by atoms with E-state index in [0.29, 0.717) is 31.5 Å². The van der Waals surface area contributed by atoms with Crippen LogP contribution in [0.3, 0.4) is 0 Å². The maximum atomic E-state index is 12.2. The highest BCUT2D eigenvalue weighted by Gasteiger charge is 2.28. The van der Waals surface area contributed by atoms with Crippen molar-refractivity contribution in [2.75, 3.05) is 26.8 Å². The zero-order valence-corrected chi connectivity index (χ0v) is 15.4. The van der Waals surface area contributed by atoms with Crippen molar-refractivity contribution in [1.82, 2.24) is 4.90 Å². The summed E-state index contributed by atoms with van der Waals surface area (Å²) in [4.78, 5) is 37.3. The molecule has 1 aromatic rings. The van der Waals surface area contributed by atoms with E-state index in [9.17, 15) is 19.6 Å².